The van der Waals surface area contributed by atoms with Crippen molar-refractivity contribution in [2.24, 2.45) is 11.3 Å². The van der Waals surface area contributed by atoms with Crippen LogP contribution in [0.5, 0.6) is 0 Å². The molecule has 1 amide bonds. The molecule has 1 saturated heterocycles. The zero-order valence-electron chi connectivity index (χ0n) is 13.6. The second kappa shape index (κ2) is 7.50. The lowest BCUT2D eigenvalue weighted by Crippen LogP contribution is -2.49. The quantitative estimate of drug-likeness (QED) is 0.744. The normalized spacial score (nSPS) is 41.4. The molecule has 0 radical (unpaired) electrons. The van der Waals surface area contributed by atoms with E-state index in [1.165, 1.54) is 25.7 Å². The van der Waals surface area contributed by atoms with Crippen LogP contribution in [0.2, 0.25) is 0 Å². The summed E-state index contributed by atoms with van der Waals surface area (Å²) in [5.74, 6) is 0.841. The molecular weight excluding hydrogens is 300 g/mol. The van der Waals surface area contributed by atoms with E-state index < -0.39 is 0 Å². The van der Waals surface area contributed by atoms with Crippen molar-refractivity contribution in [3.63, 3.8) is 0 Å². The monoisotopic (exact) mass is 330 g/mol. The summed E-state index contributed by atoms with van der Waals surface area (Å²) < 4.78 is 0. The molecule has 0 spiro atoms. The minimum atomic E-state index is -0.273. The van der Waals surface area contributed by atoms with E-state index in [1.54, 1.807) is 0 Å². The lowest BCUT2D eigenvalue weighted by molar-refractivity contribution is -0.124. The molecule has 5 atom stereocenters. The molecule has 0 aromatic carbocycles. The van der Waals surface area contributed by atoms with E-state index in [9.17, 15) is 9.90 Å². The van der Waals surface area contributed by atoms with Gasteiger partial charge >= 0.3 is 0 Å². The lowest BCUT2D eigenvalue weighted by Gasteiger charge is -2.38. The minimum absolute atomic E-state index is 0. The number of nitrogens with one attached hydrogen (secondary N) is 2. The van der Waals surface area contributed by atoms with Gasteiger partial charge in [-0.1, -0.05) is 32.6 Å². The van der Waals surface area contributed by atoms with Gasteiger partial charge in [0, 0.05) is 18.0 Å². The van der Waals surface area contributed by atoms with E-state index in [4.69, 9.17) is 0 Å². The molecule has 4 nitrogen and oxygen atoms in total. The Balaban J connectivity index is 0.00000176. The predicted octanol–water partition coefficient (Wildman–Crippen LogP) is 2.39. The lowest BCUT2D eigenvalue weighted by atomic mass is 9.73. The molecule has 2 saturated carbocycles. The van der Waals surface area contributed by atoms with Crippen LogP contribution in [0.4, 0.5) is 0 Å². The number of fused-ring (bicyclic) bond motifs is 1. The first-order valence-electron chi connectivity index (χ1n) is 8.80. The van der Waals surface area contributed by atoms with Crippen LogP contribution in [-0.4, -0.2) is 35.7 Å². The van der Waals surface area contributed by atoms with Gasteiger partial charge in [-0.25, -0.2) is 0 Å². The summed E-state index contributed by atoms with van der Waals surface area (Å²) in [6.07, 6.45) is 10.0. The number of rotatable bonds is 3. The van der Waals surface area contributed by atoms with Crippen LogP contribution >= 0.6 is 12.4 Å². The third kappa shape index (κ3) is 3.77. The maximum Gasteiger partial charge on any atom is 0.237 e. The van der Waals surface area contributed by atoms with Gasteiger partial charge in [0.15, 0.2) is 0 Å². The Morgan fingerprint density at radius 3 is 2.68 bits per heavy atom. The SMILES string of the molecule is CC1(CNC(=O)C2CC3CCCCC3N2)CCCCC1O.Cl. The van der Waals surface area contributed by atoms with Gasteiger partial charge in [0.25, 0.3) is 0 Å². The highest BCUT2D eigenvalue weighted by atomic mass is 35.5. The Morgan fingerprint density at radius 2 is 1.95 bits per heavy atom. The smallest absolute Gasteiger partial charge is 0.237 e. The van der Waals surface area contributed by atoms with Crippen molar-refractivity contribution in [1.29, 1.82) is 0 Å². The predicted molar refractivity (Wildman–Crippen MR) is 90.1 cm³/mol. The second-order valence-electron chi connectivity index (χ2n) is 7.74. The summed E-state index contributed by atoms with van der Waals surface area (Å²) in [6.45, 7) is 2.72. The maximum atomic E-state index is 12.4. The van der Waals surface area contributed by atoms with Crippen molar-refractivity contribution in [3.8, 4) is 0 Å². The van der Waals surface area contributed by atoms with Crippen LogP contribution in [-0.2, 0) is 4.79 Å². The number of aliphatic hydroxyl groups excluding tert-OH is 1. The molecule has 3 fully saturated rings. The van der Waals surface area contributed by atoms with Gasteiger partial charge < -0.3 is 15.7 Å². The van der Waals surface area contributed by atoms with Crippen molar-refractivity contribution in [3.05, 3.63) is 0 Å². The third-order valence-corrected chi connectivity index (χ3v) is 6.13. The van der Waals surface area contributed by atoms with Crippen LogP contribution < -0.4 is 10.6 Å². The fraction of sp³-hybridized carbons (Fsp3) is 0.941. The fourth-order valence-electron chi connectivity index (χ4n) is 4.52. The number of halogens is 1. The van der Waals surface area contributed by atoms with E-state index in [0.29, 0.717) is 18.5 Å². The molecule has 5 heteroatoms. The van der Waals surface area contributed by atoms with Gasteiger partial charge in [0.2, 0.25) is 5.91 Å². The third-order valence-electron chi connectivity index (χ3n) is 6.13. The highest BCUT2D eigenvalue weighted by molar-refractivity contribution is 5.85. The molecule has 3 aliphatic rings. The average molecular weight is 331 g/mol. The molecular formula is C17H31ClN2O2. The van der Waals surface area contributed by atoms with E-state index in [-0.39, 0.29) is 35.9 Å². The Labute approximate surface area is 140 Å². The Kier molecular flexibility index (Phi) is 6.14. The van der Waals surface area contributed by atoms with Gasteiger partial charge in [-0.2, -0.15) is 0 Å². The molecule has 3 rings (SSSR count). The van der Waals surface area contributed by atoms with E-state index in [0.717, 1.165) is 32.1 Å². The molecule has 1 aliphatic heterocycles. The topological polar surface area (TPSA) is 61.4 Å². The molecule has 5 unspecified atom stereocenters. The highest BCUT2D eigenvalue weighted by Gasteiger charge is 2.40. The molecule has 128 valence electrons. The highest BCUT2D eigenvalue weighted by Crippen LogP contribution is 2.36. The van der Waals surface area contributed by atoms with Crippen LogP contribution in [0.1, 0.15) is 64.7 Å². The van der Waals surface area contributed by atoms with Crippen LogP contribution in [0.3, 0.4) is 0 Å². The van der Waals surface area contributed by atoms with E-state index in [1.807, 2.05) is 0 Å². The van der Waals surface area contributed by atoms with Gasteiger partial charge in [0.05, 0.1) is 12.1 Å². The number of carbonyl (C=O) groups excluding carboxylic acids is 1. The standard InChI is InChI=1S/C17H30N2O2.ClH/c1-17(9-5-4-8-15(17)20)11-18-16(21)14-10-12-6-2-3-7-13(12)19-14;/h12-15,19-20H,2-11H2,1H3,(H,18,21);1H. The van der Waals surface area contributed by atoms with Gasteiger partial charge in [-0.3, -0.25) is 4.79 Å². The van der Waals surface area contributed by atoms with Crippen molar-refractivity contribution < 1.29 is 9.90 Å². The summed E-state index contributed by atoms with van der Waals surface area (Å²) in [5.41, 5.74) is -0.140. The Bertz CT molecular complexity index is 379. The number of hydrogen-bond donors (Lipinski definition) is 3. The number of carbonyl (C=O) groups is 1. The fourth-order valence-corrected chi connectivity index (χ4v) is 4.52. The van der Waals surface area contributed by atoms with Crippen LogP contribution in [0.15, 0.2) is 0 Å². The Morgan fingerprint density at radius 1 is 1.23 bits per heavy atom. The molecule has 0 bridgehead atoms. The van der Waals surface area contributed by atoms with Crippen LogP contribution in [0.25, 0.3) is 0 Å². The van der Waals surface area contributed by atoms with Crippen molar-refractivity contribution >= 4 is 18.3 Å². The zero-order chi connectivity index (χ0) is 14.9. The first kappa shape index (κ1) is 18.0. The molecule has 22 heavy (non-hydrogen) atoms. The molecule has 0 aromatic heterocycles. The minimum Gasteiger partial charge on any atom is -0.392 e. The van der Waals surface area contributed by atoms with Gasteiger partial charge in [-0.15, -0.1) is 12.4 Å². The molecule has 2 aliphatic carbocycles. The molecule has 0 aromatic rings. The van der Waals surface area contributed by atoms with Gasteiger partial charge in [-0.05, 0) is 38.0 Å². The summed E-state index contributed by atoms with van der Waals surface area (Å²) in [7, 11) is 0. The second-order valence-corrected chi connectivity index (χ2v) is 7.74. The first-order chi connectivity index (χ1) is 10.1. The zero-order valence-corrected chi connectivity index (χ0v) is 14.5. The number of hydrogen-bond acceptors (Lipinski definition) is 3. The largest absolute Gasteiger partial charge is 0.392 e. The van der Waals surface area contributed by atoms with Crippen molar-refractivity contribution in [2.75, 3.05) is 6.54 Å². The summed E-state index contributed by atoms with van der Waals surface area (Å²) >= 11 is 0. The summed E-state index contributed by atoms with van der Waals surface area (Å²) in [6, 6.07) is 0.549. The van der Waals surface area contributed by atoms with Crippen molar-refractivity contribution in [1.82, 2.24) is 10.6 Å². The van der Waals surface area contributed by atoms with E-state index >= 15 is 0 Å². The maximum absolute atomic E-state index is 12.4. The first-order valence-corrected chi connectivity index (χ1v) is 8.80. The van der Waals surface area contributed by atoms with Crippen molar-refractivity contribution in [2.45, 2.75) is 82.9 Å². The average Bonchev–Trinajstić information content (AvgIpc) is 2.92. The molecule has 1 heterocycles. The number of amides is 1. The van der Waals surface area contributed by atoms with Gasteiger partial charge in [0.1, 0.15) is 0 Å². The van der Waals surface area contributed by atoms with Crippen LogP contribution in [0, 0.1) is 11.3 Å². The number of aliphatic hydroxyl groups is 1. The molecule has 3 N–H and O–H groups in total. The Hall–Kier alpha value is -0.320. The summed E-state index contributed by atoms with van der Waals surface area (Å²) in [4.78, 5) is 12.4. The summed E-state index contributed by atoms with van der Waals surface area (Å²) in [5, 5.41) is 16.9. The van der Waals surface area contributed by atoms with E-state index in [2.05, 4.69) is 17.6 Å².